The van der Waals surface area contributed by atoms with E-state index in [1.54, 1.807) is 12.1 Å². The fourth-order valence-electron chi connectivity index (χ4n) is 7.07. The highest BCUT2D eigenvalue weighted by atomic mass is 32.2. The normalized spacial score (nSPS) is 21.8. The van der Waals surface area contributed by atoms with Gasteiger partial charge in [-0.3, -0.25) is 24.3 Å². The molecular formula is C38H57N5O7S. The molecule has 1 aliphatic heterocycles. The molecule has 1 saturated carbocycles. The maximum Gasteiger partial charge on any atom is 0.258 e. The molecule has 4 N–H and O–H groups in total. The molecule has 282 valence electrons. The molecular weight excluding hydrogens is 671 g/mol. The Labute approximate surface area is 303 Å². The smallest absolute Gasteiger partial charge is 0.258 e. The number of aliphatic hydroxyl groups is 1. The number of aromatic nitrogens is 1. The van der Waals surface area contributed by atoms with Gasteiger partial charge < -0.3 is 25.8 Å². The standard InChI is InChI=1S/C38H57N5O7S/c1-25-17-18-29(21-39-25)50-24-33(45)41-34(38(5,6)51(7,48)49)36(47)40-30(19-26-13-9-8-10-14-26)32(44)23-43-22-28-16-12-11-15-27(28)20-31(43)35(46)42-37(2,3)4/h8-10,13-14,17-18,21,27-28,30-32,34,44H,11-12,15-16,19-20,22-24H2,1-7H3,(H,40,47)(H,41,45)(H,42,46). The Balaban J connectivity index is 1.58. The minimum absolute atomic E-state index is 0.0799. The Kier molecular flexibility index (Phi) is 13.3. The number of amides is 3. The summed E-state index contributed by atoms with van der Waals surface area (Å²) in [5.41, 5.74) is 1.19. The number of β-amino-alcohol motifs (C(OH)–C–C–N with tert-alkyl or cyclic N) is 1. The van der Waals surface area contributed by atoms with Crippen molar-refractivity contribution >= 4 is 27.6 Å². The van der Waals surface area contributed by atoms with E-state index in [1.165, 1.54) is 20.0 Å². The number of hydrogen-bond donors (Lipinski definition) is 4. The number of rotatable bonds is 14. The van der Waals surface area contributed by atoms with Crippen LogP contribution in [0, 0.1) is 18.8 Å². The average molecular weight is 728 g/mol. The molecule has 1 aromatic heterocycles. The van der Waals surface area contributed by atoms with Gasteiger partial charge in [-0.05, 0) is 90.3 Å². The Bertz CT molecular complexity index is 1590. The highest BCUT2D eigenvalue weighted by molar-refractivity contribution is 7.92. The van der Waals surface area contributed by atoms with Crippen molar-refractivity contribution in [3.8, 4) is 5.75 Å². The summed E-state index contributed by atoms with van der Waals surface area (Å²) in [5, 5.41) is 20.6. The molecule has 2 fully saturated rings. The molecule has 12 nitrogen and oxygen atoms in total. The van der Waals surface area contributed by atoms with E-state index in [4.69, 9.17) is 4.74 Å². The number of piperidine rings is 1. The minimum Gasteiger partial charge on any atom is -0.482 e. The molecule has 13 heteroatoms. The zero-order valence-corrected chi connectivity index (χ0v) is 32.0. The van der Waals surface area contributed by atoms with Crippen LogP contribution in [0.2, 0.25) is 0 Å². The monoisotopic (exact) mass is 727 g/mol. The van der Waals surface area contributed by atoms with Gasteiger partial charge in [0.25, 0.3) is 5.91 Å². The van der Waals surface area contributed by atoms with Crippen molar-refractivity contribution in [2.75, 3.05) is 26.0 Å². The van der Waals surface area contributed by atoms with E-state index in [2.05, 4.69) is 25.8 Å². The summed E-state index contributed by atoms with van der Waals surface area (Å²) in [4.78, 5) is 47.2. The number of carbonyl (C=O) groups excluding carboxylic acids is 3. The van der Waals surface area contributed by atoms with Crippen LogP contribution >= 0.6 is 0 Å². The lowest BCUT2D eigenvalue weighted by molar-refractivity contribution is -0.133. The molecule has 6 atom stereocenters. The van der Waals surface area contributed by atoms with Crippen molar-refractivity contribution in [2.45, 2.75) is 115 Å². The van der Waals surface area contributed by atoms with Gasteiger partial charge in [-0.15, -0.1) is 0 Å². The van der Waals surface area contributed by atoms with Gasteiger partial charge in [-0.1, -0.05) is 49.6 Å². The third-order valence-corrected chi connectivity index (χ3v) is 12.4. The van der Waals surface area contributed by atoms with E-state index in [-0.39, 0.29) is 18.9 Å². The molecule has 1 saturated heterocycles. The zero-order valence-electron chi connectivity index (χ0n) is 31.1. The number of ether oxygens (including phenoxy) is 1. The van der Waals surface area contributed by atoms with Crippen molar-refractivity contribution in [3.63, 3.8) is 0 Å². The van der Waals surface area contributed by atoms with Crippen LogP contribution in [0.4, 0.5) is 0 Å². The Hall–Kier alpha value is -3.55. The van der Waals surface area contributed by atoms with E-state index in [9.17, 15) is 27.9 Å². The topological polar surface area (TPSA) is 167 Å². The summed E-state index contributed by atoms with van der Waals surface area (Å²) in [6, 6.07) is 9.91. The van der Waals surface area contributed by atoms with E-state index in [0.717, 1.165) is 43.2 Å². The van der Waals surface area contributed by atoms with Gasteiger partial charge >= 0.3 is 0 Å². The van der Waals surface area contributed by atoms with Crippen molar-refractivity contribution in [3.05, 3.63) is 59.9 Å². The highest BCUT2D eigenvalue weighted by Gasteiger charge is 2.46. The Morgan fingerprint density at radius 3 is 2.27 bits per heavy atom. The Morgan fingerprint density at radius 1 is 1.00 bits per heavy atom. The van der Waals surface area contributed by atoms with Crippen LogP contribution in [0.3, 0.4) is 0 Å². The third-order valence-electron chi connectivity index (χ3n) is 10.3. The predicted molar refractivity (Wildman–Crippen MR) is 197 cm³/mol. The fraction of sp³-hybridized carbons (Fsp3) is 0.632. The van der Waals surface area contributed by atoms with Gasteiger partial charge in [0.2, 0.25) is 11.8 Å². The summed E-state index contributed by atoms with van der Waals surface area (Å²) in [5.74, 6) is -0.337. The second-order valence-corrected chi connectivity index (χ2v) is 18.5. The van der Waals surface area contributed by atoms with Crippen LogP contribution in [0.1, 0.15) is 78.0 Å². The number of sulfone groups is 1. The van der Waals surface area contributed by atoms with Gasteiger partial charge in [0.05, 0.1) is 29.1 Å². The lowest BCUT2D eigenvalue weighted by atomic mass is 9.72. The molecule has 2 heterocycles. The number of nitrogens with zero attached hydrogens (tertiary/aromatic N) is 2. The second-order valence-electron chi connectivity index (χ2n) is 15.9. The van der Waals surface area contributed by atoms with Gasteiger partial charge in [0.15, 0.2) is 16.4 Å². The number of nitrogens with one attached hydrogen (secondary N) is 3. The molecule has 1 aromatic carbocycles. The zero-order chi connectivity index (χ0) is 37.6. The number of carbonyl (C=O) groups is 3. The first kappa shape index (κ1) is 40.2. The first-order valence-electron chi connectivity index (χ1n) is 18.0. The number of aliphatic hydroxyl groups excluding tert-OH is 1. The molecule has 4 rings (SSSR count). The summed E-state index contributed by atoms with van der Waals surface area (Å²) in [6.07, 6.45) is 6.73. The number of benzene rings is 1. The first-order valence-corrected chi connectivity index (χ1v) is 19.9. The summed E-state index contributed by atoms with van der Waals surface area (Å²) in [6.45, 7) is 10.7. The number of aryl methyl sites for hydroxylation is 1. The van der Waals surface area contributed by atoms with Crippen molar-refractivity contribution in [1.82, 2.24) is 25.8 Å². The van der Waals surface area contributed by atoms with Crippen LogP contribution < -0.4 is 20.7 Å². The van der Waals surface area contributed by atoms with E-state index in [1.807, 2.05) is 58.0 Å². The van der Waals surface area contributed by atoms with Crippen LogP contribution in [-0.2, 0) is 30.6 Å². The average Bonchev–Trinajstić information content (AvgIpc) is 3.05. The number of likely N-dealkylation sites (tertiary alicyclic amines) is 1. The molecule has 0 spiro atoms. The Morgan fingerprint density at radius 2 is 1.67 bits per heavy atom. The highest BCUT2D eigenvalue weighted by Crippen LogP contribution is 2.39. The van der Waals surface area contributed by atoms with Gasteiger partial charge in [-0.25, -0.2) is 8.42 Å². The molecule has 1 aliphatic carbocycles. The molecule has 0 bridgehead atoms. The molecule has 6 unspecified atom stereocenters. The molecule has 2 aliphatic rings. The van der Waals surface area contributed by atoms with E-state index in [0.29, 0.717) is 30.6 Å². The van der Waals surface area contributed by atoms with Crippen LogP contribution in [0.5, 0.6) is 5.75 Å². The van der Waals surface area contributed by atoms with Crippen molar-refractivity contribution in [1.29, 1.82) is 0 Å². The lowest BCUT2D eigenvalue weighted by Crippen LogP contribution is -2.64. The van der Waals surface area contributed by atoms with Gasteiger partial charge in [0, 0.05) is 30.6 Å². The van der Waals surface area contributed by atoms with Gasteiger partial charge in [-0.2, -0.15) is 0 Å². The van der Waals surface area contributed by atoms with Crippen molar-refractivity contribution in [2.24, 2.45) is 11.8 Å². The van der Waals surface area contributed by atoms with E-state index >= 15 is 0 Å². The lowest BCUT2D eigenvalue weighted by Gasteiger charge is -2.47. The van der Waals surface area contributed by atoms with Crippen molar-refractivity contribution < 1.29 is 32.6 Å². The SMILES string of the molecule is Cc1ccc(OCC(=O)NC(C(=O)NC(Cc2ccccc2)C(O)CN2CC3CCCCC3CC2C(=O)NC(C)(C)C)C(C)(C)S(C)(=O)=O)cn1. The maximum absolute atomic E-state index is 14.2. The third kappa shape index (κ3) is 11.2. The van der Waals surface area contributed by atoms with Crippen LogP contribution in [-0.4, -0.2) is 102 Å². The first-order chi connectivity index (χ1) is 23.8. The number of hydrogen-bond acceptors (Lipinski definition) is 9. The predicted octanol–water partition coefficient (Wildman–Crippen LogP) is 2.96. The molecule has 0 radical (unpaired) electrons. The summed E-state index contributed by atoms with van der Waals surface area (Å²) >= 11 is 0. The fourth-order valence-corrected chi connectivity index (χ4v) is 7.67. The molecule has 51 heavy (non-hydrogen) atoms. The summed E-state index contributed by atoms with van der Waals surface area (Å²) < 4.78 is 29.9. The van der Waals surface area contributed by atoms with Gasteiger partial charge in [0.1, 0.15) is 11.8 Å². The quantitative estimate of drug-likeness (QED) is 0.229. The minimum atomic E-state index is -3.89. The molecule has 3 amide bonds. The maximum atomic E-state index is 14.2. The van der Waals surface area contributed by atoms with Crippen LogP contribution in [0.15, 0.2) is 48.7 Å². The second kappa shape index (κ2) is 16.9. The number of pyridine rings is 1. The number of fused-ring (bicyclic) bond motifs is 1. The largest absolute Gasteiger partial charge is 0.482 e. The van der Waals surface area contributed by atoms with Crippen LogP contribution in [0.25, 0.3) is 0 Å². The van der Waals surface area contributed by atoms with E-state index < -0.39 is 62.8 Å². The summed E-state index contributed by atoms with van der Waals surface area (Å²) in [7, 11) is -3.89. The molecule has 2 aromatic rings.